The number of allylic oxidation sites excluding steroid dienone is 2. The molecule has 29 heavy (non-hydrogen) atoms. The number of alkyl halides is 1. The fraction of sp³-hybridized carbons (Fsp3) is 0.259. The molecule has 0 atom stereocenters. The summed E-state index contributed by atoms with van der Waals surface area (Å²) >= 11 is -0.0332. The third kappa shape index (κ3) is 6.03. The first-order valence-electron chi connectivity index (χ1n) is 10.7. The summed E-state index contributed by atoms with van der Waals surface area (Å²) in [7, 11) is 0. The number of unbranched alkanes of at least 4 members (excludes halogenated alkanes) is 3. The van der Waals surface area contributed by atoms with Crippen molar-refractivity contribution in [1.82, 2.24) is 0 Å². The quantitative estimate of drug-likeness (QED) is 0.121. The van der Waals surface area contributed by atoms with Crippen LogP contribution in [0.25, 0.3) is 0 Å². The van der Waals surface area contributed by atoms with E-state index in [9.17, 15) is 0 Å². The van der Waals surface area contributed by atoms with Gasteiger partial charge in [-0.3, -0.25) is 0 Å². The van der Waals surface area contributed by atoms with Crippen LogP contribution in [0.1, 0.15) is 39.0 Å². The Kier molecular flexibility index (Phi) is 9.44. The van der Waals surface area contributed by atoms with Crippen molar-refractivity contribution in [2.45, 2.75) is 39.0 Å². The molecule has 0 saturated heterocycles. The van der Waals surface area contributed by atoms with Gasteiger partial charge in [0.2, 0.25) is 0 Å². The van der Waals surface area contributed by atoms with Crippen molar-refractivity contribution in [3.05, 3.63) is 103 Å². The van der Waals surface area contributed by atoms with E-state index >= 15 is 0 Å². The van der Waals surface area contributed by atoms with Crippen molar-refractivity contribution in [3.63, 3.8) is 0 Å². The number of hydrogen-bond donors (Lipinski definition) is 0. The van der Waals surface area contributed by atoms with Crippen LogP contribution in [0.5, 0.6) is 0 Å². The molecule has 2 heteroatoms. The van der Waals surface area contributed by atoms with Crippen molar-refractivity contribution in [2.75, 3.05) is 4.43 Å². The molecule has 0 aliphatic carbocycles. The van der Waals surface area contributed by atoms with Gasteiger partial charge in [-0.05, 0) is 0 Å². The van der Waals surface area contributed by atoms with E-state index in [1.54, 1.807) is 0 Å². The van der Waals surface area contributed by atoms with Gasteiger partial charge < -0.3 is 0 Å². The molecule has 0 heterocycles. The molecule has 0 fully saturated rings. The van der Waals surface area contributed by atoms with E-state index in [-0.39, 0.29) is 20.7 Å². The standard InChI is InChI=1S/C27H32IP/c1-2-3-4-5-6-7-17-24-28-29(25-18-11-8-12-19-25,26-20-13-9-14-21-26)27-22-15-10-16-23-27/h6-16,18-23H,2-5,17,24H2,1H3/b7-6-. The molecule has 0 aliphatic rings. The molecule has 3 rings (SSSR count). The number of hydrogen-bond acceptors (Lipinski definition) is 0. The van der Waals surface area contributed by atoms with Crippen LogP contribution < -0.4 is 36.6 Å². The summed E-state index contributed by atoms with van der Waals surface area (Å²) in [5, 5.41) is 4.62. The zero-order chi connectivity index (χ0) is 20.2. The fourth-order valence-corrected chi connectivity index (χ4v) is 16.8. The molecule has 0 saturated carbocycles. The molecule has 0 spiro atoms. The Hall–Kier alpha value is -1.44. The molecule has 3 aromatic rings. The van der Waals surface area contributed by atoms with E-state index in [4.69, 9.17) is 0 Å². The fourth-order valence-electron chi connectivity index (χ4n) is 3.54. The molecule has 0 amide bonds. The Labute approximate surface area is 187 Å². The number of halogens is 1. The van der Waals surface area contributed by atoms with Crippen LogP contribution >= 0.6 is 4.90 Å². The van der Waals surface area contributed by atoms with Crippen LogP contribution in [0.2, 0.25) is 0 Å². The van der Waals surface area contributed by atoms with Crippen LogP contribution in [-0.4, -0.2) is 4.43 Å². The summed E-state index contributed by atoms with van der Waals surface area (Å²) in [4.78, 5) is -1.54. The molecule has 0 aromatic heterocycles. The van der Waals surface area contributed by atoms with Gasteiger partial charge in [0.15, 0.2) is 0 Å². The Morgan fingerprint density at radius 3 is 1.52 bits per heavy atom. The second-order valence-electron chi connectivity index (χ2n) is 7.16. The Bertz CT molecular complexity index is 747. The minimum atomic E-state index is -1.54. The molecular weight excluding hydrogens is 482 g/mol. The molecular formula is C27H32IP. The van der Waals surface area contributed by atoms with Crippen molar-refractivity contribution in [1.29, 1.82) is 0 Å². The predicted octanol–water partition coefficient (Wildman–Crippen LogP) is 3.51. The topological polar surface area (TPSA) is 0 Å². The van der Waals surface area contributed by atoms with Gasteiger partial charge in [-0.15, -0.1) is 0 Å². The van der Waals surface area contributed by atoms with Crippen molar-refractivity contribution >= 4 is 20.8 Å². The SMILES string of the molecule is CCCCC/C=C\CC[I-][P+](c1ccccc1)(c1ccccc1)c1ccccc1. The van der Waals surface area contributed by atoms with Gasteiger partial charge in [0.05, 0.1) is 0 Å². The van der Waals surface area contributed by atoms with Gasteiger partial charge in [0.25, 0.3) is 0 Å². The van der Waals surface area contributed by atoms with E-state index in [0.717, 1.165) is 0 Å². The first-order chi connectivity index (χ1) is 14.4. The van der Waals surface area contributed by atoms with Crippen LogP contribution in [0, 0.1) is 0 Å². The summed E-state index contributed by atoms with van der Waals surface area (Å²) in [6.45, 7) is 2.27. The van der Waals surface area contributed by atoms with Crippen LogP contribution in [0.15, 0.2) is 103 Å². The maximum absolute atomic E-state index is 2.44. The average molecular weight is 514 g/mol. The first-order valence-corrected chi connectivity index (χ1v) is 16.8. The Balaban J connectivity index is 1.89. The normalized spacial score (nSPS) is 11.9. The van der Waals surface area contributed by atoms with Crippen LogP contribution in [0.4, 0.5) is 0 Å². The second-order valence-corrected chi connectivity index (χ2v) is 17.6. The van der Waals surface area contributed by atoms with Crippen LogP contribution in [0.3, 0.4) is 0 Å². The number of benzene rings is 3. The molecule has 0 nitrogen and oxygen atoms in total. The molecule has 0 bridgehead atoms. The zero-order valence-electron chi connectivity index (χ0n) is 17.4. The van der Waals surface area contributed by atoms with E-state index in [2.05, 4.69) is 110 Å². The molecule has 152 valence electrons. The third-order valence-electron chi connectivity index (χ3n) is 5.02. The Morgan fingerprint density at radius 2 is 1.07 bits per heavy atom. The average Bonchev–Trinajstić information content (AvgIpc) is 2.80. The van der Waals surface area contributed by atoms with Gasteiger partial charge in [0, 0.05) is 0 Å². The predicted molar refractivity (Wildman–Crippen MR) is 128 cm³/mol. The third-order valence-corrected chi connectivity index (χ3v) is 18.7. The minimum absolute atomic E-state index is 0.0332. The molecule has 3 aromatic carbocycles. The molecule has 0 aliphatic heterocycles. The summed E-state index contributed by atoms with van der Waals surface area (Å²) < 4.78 is 1.33. The van der Waals surface area contributed by atoms with E-state index in [1.807, 2.05) is 0 Å². The maximum atomic E-state index is 2.44. The van der Waals surface area contributed by atoms with E-state index in [0.29, 0.717) is 0 Å². The van der Waals surface area contributed by atoms with Crippen molar-refractivity contribution in [2.24, 2.45) is 0 Å². The van der Waals surface area contributed by atoms with E-state index < -0.39 is 4.90 Å². The van der Waals surface area contributed by atoms with Gasteiger partial charge in [0.1, 0.15) is 0 Å². The molecule has 0 N–H and O–H groups in total. The Morgan fingerprint density at radius 1 is 0.621 bits per heavy atom. The van der Waals surface area contributed by atoms with Crippen molar-refractivity contribution in [3.8, 4) is 0 Å². The van der Waals surface area contributed by atoms with Crippen molar-refractivity contribution < 1.29 is 20.7 Å². The monoisotopic (exact) mass is 514 g/mol. The van der Waals surface area contributed by atoms with Gasteiger partial charge in [-0.1, -0.05) is 0 Å². The summed E-state index contributed by atoms with van der Waals surface area (Å²) in [5.74, 6) is 0. The summed E-state index contributed by atoms with van der Waals surface area (Å²) in [6, 6.07) is 33.9. The molecule has 0 unspecified atom stereocenters. The van der Waals surface area contributed by atoms with Crippen LogP contribution in [-0.2, 0) is 0 Å². The van der Waals surface area contributed by atoms with Gasteiger partial charge in [-0.2, -0.15) is 0 Å². The first kappa shape index (κ1) is 22.2. The summed E-state index contributed by atoms with van der Waals surface area (Å²) in [6.07, 6.45) is 11.3. The van der Waals surface area contributed by atoms with E-state index in [1.165, 1.54) is 52.4 Å². The summed E-state index contributed by atoms with van der Waals surface area (Å²) in [5.41, 5.74) is 0. The second kappa shape index (κ2) is 12.3. The molecule has 0 radical (unpaired) electrons. The number of rotatable bonds is 11. The zero-order valence-corrected chi connectivity index (χ0v) is 20.4. The van der Waals surface area contributed by atoms with Gasteiger partial charge >= 0.3 is 188 Å². The van der Waals surface area contributed by atoms with Gasteiger partial charge in [-0.25, -0.2) is 0 Å².